The highest BCUT2D eigenvalue weighted by atomic mass is 16.5. The molecule has 2 rings (SSSR count). The Morgan fingerprint density at radius 3 is 3.05 bits per heavy atom. The Balaban J connectivity index is 1.99. The summed E-state index contributed by atoms with van der Waals surface area (Å²) in [4.78, 5) is 0. The monoisotopic (exact) mass is 264 g/mol. The number of rotatable bonds is 6. The Hall–Kier alpha value is -1.42. The third-order valence-electron chi connectivity index (χ3n) is 3.39. The quantitative estimate of drug-likeness (QED) is 0.775. The highest BCUT2D eigenvalue weighted by molar-refractivity contribution is 5.61. The van der Waals surface area contributed by atoms with Crippen molar-refractivity contribution in [3.63, 3.8) is 0 Å². The zero-order valence-corrected chi connectivity index (χ0v) is 11.8. The molecule has 4 nitrogen and oxygen atoms in total. The van der Waals surface area contributed by atoms with Crippen LogP contribution in [0.5, 0.6) is 5.75 Å². The summed E-state index contributed by atoms with van der Waals surface area (Å²) in [5.74, 6) is 0.756. The number of benzene rings is 1. The normalized spacial score (nSPS) is 20.2. The highest BCUT2D eigenvalue weighted by Crippen LogP contribution is 2.27. The van der Waals surface area contributed by atoms with Crippen LogP contribution >= 0.6 is 0 Å². The van der Waals surface area contributed by atoms with Crippen LogP contribution in [-0.2, 0) is 4.74 Å². The lowest BCUT2D eigenvalue weighted by atomic mass is 10.1. The molecule has 0 amide bonds. The lowest BCUT2D eigenvalue weighted by Crippen LogP contribution is -2.29. The molecule has 1 aromatic rings. The summed E-state index contributed by atoms with van der Waals surface area (Å²) in [7, 11) is 0. The molecule has 2 atom stereocenters. The molecule has 1 aromatic carbocycles. The predicted octanol–water partition coefficient (Wildman–Crippen LogP) is 3.04. The molecule has 3 N–H and O–H groups in total. The third kappa shape index (κ3) is 3.77. The van der Waals surface area contributed by atoms with Gasteiger partial charge in [-0.1, -0.05) is 6.92 Å². The zero-order valence-electron chi connectivity index (χ0n) is 11.8. The first-order valence-electron chi connectivity index (χ1n) is 7.11. The van der Waals surface area contributed by atoms with Gasteiger partial charge in [0.15, 0.2) is 0 Å². The lowest BCUT2D eigenvalue weighted by Gasteiger charge is -2.21. The Kier molecular flexibility index (Phi) is 4.91. The van der Waals surface area contributed by atoms with E-state index in [-0.39, 0.29) is 0 Å². The van der Waals surface area contributed by atoms with E-state index in [0.717, 1.165) is 37.3 Å². The zero-order chi connectivity index (χ0) is 13.7. The highest BCUT2D eigenvalue weighted by Gasteiger charge is 2.22. The van der Waals surface area contributed by atoms with E-state index in [2.05, 4.69) is 19.2 Å². The molecule has 1 aliphatic heterocycles. The van der Waals surface area contributed by atoms with E-state index < -0.39 is 0 Å². The van der Waals surface area contributed by atoms with E-state index in [1.165, 1.54) is 0 Å². The van der Waals surface area contributed by atoms with Gasteiger partial charge < -0.3 is 20.5 Å². The van der Waals surface area contributed by atoms with Crippen molar-refractivity contribution in [3.05, 3.63) is 18.2 Å². The molecule has 4 heteroatoms. The number of hydrogen-bond acceptors (Lipinski definition) is 4. The van der Waals surface area contributed by atoms with Gasteiger partial charge in [-0.15, -0.1) is 0 Å². The molecule has 1 fully saturated rings. The Morgan fingerprint density at radius 2 is 2.37 bits per heavy atom. The van der Waals surface area contributed by atoms with Gasteiger partial charge in [0.2, 0.25) is 0 Å². The van der Waals surface area contributed by atoms with Crippen molar-refractivity contribution in [3.8, 4) is 5.75 Å². The van der Waals surface area contributed by atoms with Crippen LogP contribution in [-0.4, -0.2) is 25.4 Å². The van der Waals surface area contributed by atoms with Gasteiger partial charge in [-0.25, -0.2) is 0 Å². The van der Waals surface area contributed by atoms with Crippen LogP contribution in [0.15, 0.2) is 18.2 Å². The van der Waals surface area contributed by atoms with Crippen molar-refractivity contribution in [2.24, 2.45) is 0 Å². The minimum Gasteiger partial charge on any atom is -0.491 e. The van der Waals surface area contributed by atoms with Crippen molar-refractivity contribution < 1.29 is 9.47 Å². The van der Waals surface area contributed by atoms with Gasteiger partial charge in [0.05, 0.1) is 18.4 Å². The van der Waals surface area contributed by atoms with Gasteiger partial charge >= 0.3 is 0 Å². The topological polar surface area (TPSA) is 56.5 Å². The van der Waals surface area contributed by atoms with Crippen molar-refractivity contribution in [1.29, 1.82) is 0 Å². The van der Waals surface area contributed by atoms with Crippen LogP contribution < -0.4 is 15.8 Å². The Bertz CT molecular complexity index is 403. The number of hydrogen-bond donors (Lipinski definition) is 2. The molecule has 1 saturated heterocycles. The second-order valence-corrected chi connectivity index (χ2v) is 5.09. The van der Waals surface area contributed by atoms with Gasteiger partial charge in [-0.2, -0.15) is 0 Å². The standard InChI is InChI=1S/C15H24N2O2/c1-3-8-18-15-10-12(6-7-13(15)16)17-11(2)14-5-4-9-19-14/h6-7,10-11,14,17H,3-5,8-9,16H2,1-2H3. The maximum Gasteiger partial charge on any atom is 0.144 e. The summed E-state index contributed by atoms with van der Waals surface area (Å²) in [5, 5.41) is 3.47. The first kappa shape index (κ1) is 14.0. The third-order valence-corrected chi connectivity index (χ3v) is 3.39. The minimum atomic E-state index is 0.296. The molecule has 0 bridgehead atoms. The number of nitrogens with two attached hydrogens (primary N) is 1. The number of nitrogens with one attached hydrogen (secondary N) is 1. The molecular formula is C15H24N2O2. The molecule has 0 spiro atoms. The molecule has 0 saturated carbocycles. The molecule has 1 aliphatic rings. The Labute approximate surface area is 115 Å². The maximum atomic E-state index is 5.91. The van der Waals surface area contributed by atoms with E-state index in [1.54, 1.807) is 0 Å². The number of nitrogen functional groups attached to an aromatic ring is 1. The van der Waals surface area contributed by atoms with E-state index in [9.17, 15) is 0 Å². The van der Waals surface area contributed by atoms with Crippen molar-refractivity contribution in [2.75, 3.05) is 24.3 Å². The van der Waals surface area contributed by atoms with Gasteiger partial charge in [0.25, 0.3) is 0 Å². The summed E-state index contributed by atoms with van der Waals surface area (Å²) in [6.07, 6.45) is 3.56. The minimum absolute atomic E-state index is 0.296. The van der Waals surface area contributed by atoms with Crippen molar-refractivity contribution in [2.45, 2.75) is 45.3 Å². The van der Waals surface area contributed by atoms with Crippen LogP contribution in [0.25, 0.3) is 0 Å². The molecular weight excluding hydrogens is 240 g/mol. The van der Waals surface area contributed by atoms with Gasteiger partial charge in [0, 0.05) is 24.4 Å². The van der Waals surface area contributed by atoms with Crippen molar-refractivity contribution >= 4 is 11.4 Å². The number of anilines is 2. The average Bonchev–Trinajstić information content (AvgIpc) is 2.93. The first-order valence-corrected chi connectivity index (χ1v) is 7.11. The summed E-state index contributed by atoms with van der Waals surface area (Å²) in [6, 6.07) is 6.14. The number of ether oxygens (including phenoxy) is 2. The maximum absolute atomic E-state index is 5.91. The molecule has 1 heterocycles. The Morgan fingerprint density at radius 1 is 1.53 bits per heavy atom. The molecule has 0 aromatic heterocycles. The summed E-state index contributed by atoms with van der Waals surface area (Å²) >= 11 is 0. The smallest absolute Gasteiger partial charge is 0.144 e. The van der Waals surface area contributed by atoms with Gasteiger partial charge in [-0.05, 0) is 38.3 Å². The molecule has 2 unspecified atom stereocenters. The summed E-state index contributed by atoms with van der Waals surface area (Å²) in [5.41, 5.74) is 7.62. The fourth-order valence-corrected chi connectivity index (χ4v) is 2.31. The van der Waals surface area contributed by atoms with E-state index in [4.69, 9.17) is 15.2 Å². The fraction of sp³-hybridized carbons (Fsp3) is 0.600. The van der Waals surface area contributed by atoms with E-state index in [0.29, 0.717) is 24.4 Å². The van der Waals surface area contributed by atoms with Crippen LogP contribution in [0.1, 0.15) is 33.1 Å². The summed E-state index contributed by atoms with van der Waals surface area (Å²) < 4.78 is 11.3. The van der Waals surface area contributed by atoms with Crippen LogP contribution in [0.4, 0.5) is 11.4 Å². The second kappa shape index (κ2) is 6.66. The average molecular weight is 264 g/mol. The van der Waals surface area contributed by atoms with E-state index in [1.807, 2.05) is 18.2 Å². The largest absolute Gasteiger partial charge is 0.491 e. The SMILES string of the molecule is CCCOc1cc(NC(C)C2CCCO2)ccc1N. The molecule has 0 aliphatic carbocycles. The van der Waals surface area contributed by atoms with Gasteiger partial charge in [0.1, 0.15) is 5.75 Å². The van der Waals surface area contributed by atoms with Gasteiger partial charge in [-0.3, -0.25) is 0 Å². The van der Waals surface area contributed by atoms with Crippen LogP contribution in [0, 0.1) is 0 Å². The predicted molar refractivity (Wildman–Crippen MR) is 78.7 cm³/mol. The summed E-state index contributed by atoms with van der Waals surface area (Å²) in [6.45, 7) is 5.80. The second-order valence-electron chi connectivity index (χ2n) is 5.09. The van der Waals surface area contributed by atoms with Crippen LogP contribution in [0.2, 0.25) is 0 Å². The molecule has 106 valence electrons. The molecule has 0 radical (unpaired) electrons. The fourth-order valence-electron chi connectivity index (χ4n) is 2.31. The van der Waals surface area contributed by atoms with Crippen molar-refractivity contribution in [1.82, 2.24) is 0 Å². The van der Waals surface area contributed by atoms with Crippen LogP contribution in [0.3, 0.4) is 0 Å². The van der Waals surface area contributed by atoms with E-state index >= 15 is 0 Å². The molecule has 19 heavy (non-hydrogen) atoms. The lowest BCUT2D eigenvalue weighted by molar-refractivity contribution is 0.0996. The first-order chi connectivity index (χ1) is 9.20.